The smallest absolute Gasteiger partial charge is 0.341 e. The number of halogens is 1. The van der Waals surface area contributed by atoms with E-state index in [-0.39, 0.29) is 17.0 Å². The second-order valence-electron chi connectivity index (χ2n) is 7.92. The molecule has 7 heteroatoms. The average molecular weight is 387 g/mol. The fourth-order valence-electron chi connectivity index (χ4n) is 4.07. The third-order valence-electron chi connectivity index (χ3n) is 6.14. The molecule has 4 rings (SSSR count). The van der Waals surface area contributed by atoms with Gasteiger partial charge in [-0.2, -0.15) is 0 Å². The number of hydrogen-bond donors (Lipinski definition) is 1. The number of benzene rings is 1. The summed E-state index contributed by atoms with van der Waals surface area (Å²) in [6.45, 7) is 7.59. The Kier molecular flexibility index (Phi) is 4.87. The van der Waals surface area contributed by atoms with Crippen LogP contribution >= 0.6 is 0 Å². The Labute approximate surface area is 163 Å². The molecule has 2 fully saturated rings. The number of carbonyl (C=O) groups is 1. The number of piperazine rings is 1. The first-order valence-electron chi connectivity index (χ1n) is 10.0. The molecular formula is C21H26FN3O3. The average Bonchev–Trinajstić information content (AvgIpc) is 3.52. The normalized spacial score (nSPS) is 19.2. The third-order valence-corrected chi connectivity index (χ3v) is 6.14. The van der Waals surface area contributed by atoms with Crippen LogP contribution in [0.5, 0.6) is 0 Å². The Morgan fingerprint density at radius 3 is 2.50 bits per heavy atom. The maximum Gasteiger partial charge on any atom is 0.341 e. The van der Waals surface area contributed by atoms with Gasteiger partial charge in [-0.3, -0.25) is 9.69 Å². The van der Waals surface area contributed by atoms with Crippen molar-refractivity contribution in [3.05, 3.63) is 39.9 Å². The van der Waals surface area contributed by atoms with Gasteiger partial charge in [0.25, 0.3) is 0 Å². The van der Waals surface area contributed by atoms with Gasteiger partial charge in [0.05, 0.1) is 11.2 Å². The molecule has 150 valence electrons. The number of pyridine rings is 1. The van der Waals surface area contributed by atoms with Gasteiger partial charge in [-0.25, -0.2) is 9.18 Å². The van der Waals surface area contributed by atoms with Gasteiger partial charge in [0, 0.05) is 49.8 Å². The van der Waals surface area contributed by atoms with E-state index >= 15 is 0 Å². The lowest BCUT2D eigenvalue weighted by Gasteiger charge is -2.39. The molecule has 0 spiro atoms. The van der Waals surface area contributed by atoms with Gasteiger partial charge in [0.1, 0.15) is 11.4 Å². The van der Waals surface area contributed by atoms with E-state index in [9.17, 15) is 19.1 Å². The van der Waals surface area contributed by atoms with Crippen LogP contribution in [-0.2, 0) is 0 Å². The molecule has 1 saturated carbocycles. The van der Waals surface area contributed by atoms with Crippen LogP contribution in [0, 0.1) is 5.82 Å². The number of carboxylic acid groups (broad SMARTS) is 1. The Morgan fingerprint density at radius 1 is 1.25 bits per heavy atom. The molecule has 0 amide bonds. The molecule has 1 atom stereocenters. The molecule has 1 N–H and O–H groups in total. The van der Waals surface area contributed by atoms with Gasteiger partial charge >= 0.3 is 5.97 Å². The van der Waals surface area contributed by atoms with Crippen LogP contribution in [0.3, 0.4) is 0 Å². The standard InChI is InChI=1S/C21H26FN3O3/c1-3-13(2)23-6-8-24(9-7-23)19-11-18-15(10-17(19)22)20(26)16(21(27)28)12-25(18)14-4-5-14/h10-14H,3-9H2,1-2H3,(H,27,28). The molecule has 2 heterocycles. The molecule has 2 aromatic rings. The SMILES string of the molecule is CCC(C)N1CCN(c2cc3c(cc2F)c(=O)c(C(=O)O)cn3C2CC2)CC1. The van der Waals surface area contributed by atoms with E-state index < -0.39 is 17.2 Å². The van der Waals surface area contributed by atoms with Crippen LogP contribution in [0.4, 0.5) is 10.1 Å². The summed E-state index contributed by atoms with van der Waals surface area (Å²) >= 11 is 0. The number of nitrogens with zero attached hydrogens (tertiary/aromatic N) is 3. The van der Waals surface area contributed by atoms with Crippen molar-refractivity contribution in [1.82, 2.24) is 9.47 Å². The maximum absolute atomic E-state index is 14.9. The Bertz CT molecular complexity index is 975. The summed E-state index contributed by atoms with van der Waals surface area (Å²) in [5, 5.41) is 9.49. The van der Waals surface area contributed by atoms with Crippen LogP contribution in [0.25, 0.3) is 10.9 Å². The van der Waals surface area contributed by atoms with E-state index in [2.05, 4.69) is 18.7 Å². The topological polar surface area (TPSA) is 65.8 Å². The molecule has 6 nitrogen and oxygen atoms in total. The van der Waals surface area contributed by atoms with Crippen LogP contribution < -0.4 is 10.3 Å². The van der Waals surface area contributed by atoms with Crippen molar-refractivity contribution in [2.24, 2.45) is 0 Å². The number of fused-ring (bicyclic) bond motifs is 1. The zero-order valence-corrected chi connectivity index (χ0v) is 16.3. The van der Waals surface area contributed by atoms with Crippen molar-refractivity contribution in [1.29, 1.82) is 0 Å². The first-order valence-corrected chi connectivity index (χ1v) is 10.0. The molecule has 1 aromatic heterocycles. The van der Waals surface area contributed by atoms with E-state index in [1.165, 1.54) is 12.3 Å². The van der Waals surface area contributed by atoms with Gasteiger partial charge in [0.15, 0.2) is 0 Å². The van der Waals surface area contributed by atoms with Crippen LogP contribution in [-0.4, -0.2) is 52.8 Å². The number of aromatic nitrogens is 1. The molecule has 1 saturated heterocycles. The minimum absolute atomic E-state index is 0.145. The van der Waals surface area contributed by atoms with Gasteiger partial charge in [0.2, 0.25) is 5.43 Å². The fraction of sp³-hybridized carbons (Fsp3) is 0.524. The number of aromatic carboxylic acids is 1. The van der Waals surface area contributed by atoms with Crippen molar-refractivity contribution in [2.75, 3.05) is 31.1 Å². The predicted molar refractivity (Wildman–Crippen MR) is 107 cm³/mol. The van der Waals surface area contributed by atoms with Crippen molar-refractivity contribution in [3.63, 3.8) is 0 Å². The summed E-state index contributed by atoms with van der Waals surface area (Å²) in [6, 6.07) is 3.65. The number of carboxylic acids is 1. The van der Waals surface area contributed by atoms with E-state index in [1.54, 1.807) is 6.07 Å². The fourth-order valence-corrected chi connectivity index (χ4v) is 4.07. The summed E-state index contributed by atoms with van der Waals surface area (Å²) in [5.74, 6) is -1.74. The van der Waals surface area contributed by atoms with E-state index in [1.807, 2.05) is 9.47 Å². The second kappa shape index (κ2) is 7.20. The highest BCUT2D eigenvalue weighted by Gasteiger charge is 2.28. The molecule has 0 radical (unpaired) electrons. The minimum atomic E-state index is -1.27. The minimum Gasteiger partial charge on any atom is -0.477 e. The first kappa shape index (κ1) is 18.9. The van der Waals surface area contributed by atoms with E-state index in [0.717, 1.165) is 45.4 Å². The second-order valence-corrected chi connectivity index (χ2v) is 7.92. The van der Waals surface area contributed by atoms with E-state index in [0.29, 0.717) is 17.2 Å². The Morgan fingerprint density at radius 2 is 1.93 bits per heavy atom. The highest BCUT2D eigenvalue weighted by molar-refractivity contribution is 5.93. The molecule has 2 aliphatic rings. The van der Waals surface area contributed by atoms with Gasteiger partial charge in [-0.05, 0) is 38.3 Å². The monoisotopic (exact) mass is 387 g/mol. The molecule has 1 aromatic carbocycles. The van der Waals surface area contributed by atoms with Gasteiger partial charge < -0.3 is 14.6 Å². The Hall–Kier alpha value is -2.41. The molecular weight excluding hydrogens is 361 g/mol. The lowest BCUT2D eigenvalue weighted by Crippen LogP contribution is -2.49. The summed E-state index contributed by atoms with van der Waals surface area (Å²) in [5.41, 5.74) is 0.201. The van der Waals surface area contributed by atoms with Crippen LogP contribution in [0.2, 0.25) is 0 Å². The highest BCUT2D eigenvalue weighted by Crippen LogP contribution is 2.38. The molecule has 1 unspecified atom stereocenters. The zero-order chi connectivity index (χ0) is 20.0. The number of anilines is 1. The molecule has 28 heavy (non-hydrogen) atoms. The summed E-state index contributed by atoms with van der Waals surface area (Å²) in [6.07, 6.45) is 4.39. The molecule has 0 bridgehead atoms. The first-order chi connectivity index (χ1) is 13.4. The summed E-state index contributed by atoms with van der Waals surface area (Å²) in [7, 11) is 0. The van der Waals surface area contributed by atoms with Crippen molar-refractivity contribution in [3.8, 4) is 0 Å². The predicted octanol–water partition coefficient (Wildman–Crippen LogP) is 3.09. The highest BCUT2D eigenvalue weighted by atomic mass is 19.1. The van der Waals surface area contributed by atoms with Crippen molar-refractivity contribution in [2.45, 2.75) is 45.2 Å². The maximum atomic E-state index is 14.9. The lowest BCUT2D eigenvalue weighted by atomic mass is 10.1. The molecule has 1 aliphatic carbocycles. The quantitative estimate of drug-likeness (QED) is 0.854. The van der Waals surface area contributed by atoms with Crippen molar-refractivity contribution < 1.29 is 14.3 Å². The zero-order valence-electron chi connectivity index (χ0n) is 16.3. The largest absolute Gasteiger partial charge is 0.477 e. The van der Waals surface area contributed by atoms with Crippen LogP contribution in [0.1, 0.15) is 49.5 Å². The van der Waals surface area contributed by atoms with Gasteiger partial charge in [-0.15, -0.1) is 0 Å². The number of rotatable bonds is 5. The third kappa shape index (κ3) is 3.28. The van der Waals surface area contributed by atoms with Gasteiger partial charge in [-0.1, -0.05) is 6.92 Å². The molecule has 1 aliphatic heterocycles. The number of hydrogen-bond acceptors (Lipinski definition) is 4. The lowest BCUT2D eigenvalue weighted by molar-refractivity contribution is 0.0695. The summed E-state index contributed by atoms with van der Waals surface area (Å²) < 4.78 is 16.8. The Balaban J connectivity index is 1.74. The van der Waals surface area contributed by atoms with Crippen LogP contribution in [0.15, 0.2) is 23.1 Å². The van der Waals surface area contributed by atoms with E-state index in [4.69, 9.17) is 0 Å². The summed E-state index contributed by atoms with van der Waals surface area (Å²) in [4.78, 5) is 28.5. The van der Waals surface area contributed by atoms with Crippen molar-refractivity contribution >= 4 is 22.6 Å².